The van der Waals surface area contributed by atoms with E-state index in [4.69, 9.17) is 0 Å². The van der Waals surface area contributed by atoms with Crippen LogP contribution in [0.4, 0.5) is 0 Å². The summed E-state index contributed by atoms with van der Waals surface area (Å²) >= 11 is 3.90. The smallest absolute Gasteiger partial charge is 0.0543 e. The molecule has 0 aliphatic heterocycles. The third-order valence-electron chi connectivity index (χ3n) is 13.0. The number of rotatable bonds is 5. The SMILES string of the molecule is CC1(C)c2ccccc2-c2c(-n3c4ccccc4c4cc(-c5cc(-c6ccc7c(c6)c6ccccc6n7-c6ccccc6)cc(-c6ccccc6Br)c5)ccc43)cccc21. The highest BCUT2D eigenvalue weighted by Gasteiger charge is 2.37. The second-order valence-corrected chi connectivity index (χ2v) is 17.5. The van der Waals surface area contributed by atoms with Crippen LogP contribution in [0.2, 0.25) is 0 Å². The summed E-state index contributed by atoms with van der Waals surface area (Å²) in [5, 5.41) is 4.99. The molecule has 2 aromatic heterocycles. The van der Waals surface area contributed by atoms with Crippen LogP contribution >= 0.6 is 15.9 Å². The summed E-state index contributed by atoms with van der Waals surface area (Å²) in [5.41, 5.74) is 19.6. The van der Waals surface area contributed by atoms with Crippen LogP contribution < -0.4 is 0 Å². The average Bonchev–Trinajstić information content (AvgIpc) is 3.89. The third kappa shape index (κ3) is 5.19. The largest absolute Gasteiger partial charge is 0.309 e. The molecular formula is C57H39BrN2. The zero-order chi connectivity index (χ0) is 40.1. The van der Waals surface area contributed by atoms with E-state index in [1.165, 1.54) is 105 Å². The number of benzene rings is 9. The standard InChI is InChI=1S/C57H39BrN2/c1-57(2)48-21-10-6-20-45(48)56-49(57)22-14-26-55(56)60-52-25-13-9-19-44(52)47-35-37(28-30-54(47)60)39-31-38(32-40(33-39)42-17-7-11-23-50(42)58)36-27-29-53-46(34-36)43-18-8-12-24-51(43)59(53)41-15-4-3-5-16-41/h3-35H,1-2H3. The number of halogens is 1. The maximum Gasteiger partial charge on any atom is 0.0543 e. The van der Waals surface area contributed by atoms with Gasteiger partial charge in [0.2, 0.25) is 0 Å². The number of aromatic nitrogens is 2. The van der Waals surface area contributed by atoms with Crippen molar-refractivity contribution >= 4 is 59.5 Å². The normalized spacial score (nSPS) is 13.1. The quantitative estimate of drug-likeness (QED) is 0.164. The van der Waals surface area contributed by atoms with Crippen molar-refractivity contribution in [3.05, 3.63) is 216 Å². The highest BCUT2D eigenvalue weighted by Crippen LogP contribution is 2.52. The maximum atomic E-state index is 3.90. The number of hydrogen-bond donors (Lipinski definition) is 0. The van der Waals surface area contributed by atoms with Gasteiger partial charge in [-0.3, -0.25) is 0 Å². The lowest BCUT2D eigenvalue weighted by atomic mass is 9.82. The first kappa shape index (κ1) is 35.0. The molecule has 3 heteroatoms. The van der Waals surface area contributed by atoms with Crippen molar-refractivity contribution in [2.45, 2.75) is 19.3 Å². The molecule has 0 bridgehead atoms. The molecule has 0 spiro atoms. The Bertz CT molecular complexity index is 3530. The fourth-order valence-electron chi connectivity index (χ4n) is 10.2. The minimum Gasteiger partial charge on any atom is -0.309 e. The van der Waals surface area contributed by atoms with Gasteiger partial charge < -0.3 is 9.13 Å². The molecule has 1 aliphatic carbocycles. The minimum atomic E-state index is -0.0756. The van der Waals surface area contributed by atoms with Crippen LogP contribution in [0.3, 0.4) is 0 Å². The van der Waals surface area contributed by atoms with Crippen LogP contribution in [0.25, 0.3) is 99.5 Å². The Morgan fingerprint density at radius 3 is 1.57 bits per heavy atom. The Balaban J connectivity index is 1.06. The molecule has 2 nitrogen and oxygen atoms in total. The first-order valence-corrected chi connectivity index (χ1v) is 21.5. The van der Waals surface area contributed by atoms with E-state index in [-0.39, 0.29) is 5.41 Å². The average molecular weight is 832 g/mol. The van der Waals surface area contributed by atoms with E-state index in [1.807, 2.05) is 0 Å². The predicted molar refractivity (Wildman–Crippen MR) is 257 cm³/mol. The van der Waals surface area contributed by atoms with Gasteiger partial charge in [-0.05, 0) is 129 Å². The van der Waals surface area contributed by atoms with Crippen LogP contribution in [0.15, 0.2) is 205 Å². The van der Waals surface area contributed by atoms with Gasteiger partial charge in [-0.1, -0.05) is 151 Å². The van der Waals surface area contributed by atoms with Gasteiger partial charge >= 0.3 is 0 Å². The Labute approximate surface area is 357 Å². The number of nitrogens with zero attached hydrogens (tertiary/aromatic N) is 2. The van der Waals surface area contributed by atoms with E-state index in [9.17, 15) is 0 Å². The second-order valence-electron chi connectivity index (χ2n) is 16.7. The van der Waals surface area contributed by atoms with Crippen molar-refractivity contribution in [1.29, 1.82) is 0 Å². The Kier molecular flexibility index (Phi) is 7.76. The van der Waals surface area contributed by atoms with Gasteiger partial charge in [0.25, 0.3) is 0 Å². The lowest BCUT2D eigenvalue weighted by Gasteiger charge is -2.21. The first-order valence-electron chi connectivity index (χ1n) is 20.7. The van der Waals surface area contributed by atoms with Gasteiger partial charge in [0.05, 0.1) is 27.8 Å². The molecule has 2 heterocycles. The molecule has 9 aromatic carbocycles. The molecule has 60 heavy (non-hydrogen) atoms. The van der Waals surface area contributed by atoms with E-state index >= 15 is 0 Å². The molecule has 0 unspecified atom stereocenters. The number of hydrogen-bond acceptors (Lipinski definition) is 0. The highest BCUT2D eigenvalue weighted by atomic mass is 79.9. The summed E-state index contributed by atoms with van der Waals surface area (Å²) in [4.78, 5) is 0. The Morgan fingerprint density at radius 1 is 0.367 bits per heavy atom. The zero-order valence-corrected chi connectivity index (χ0v) is 34.9. The van der Waals surface area contributed by atoms with E-state index in [0.29, 0.717) is 0 Å². The maximum absolute atomic E-state index is 3.90. The molecule has 0 saturated heterocycles. The Hall–Kier alpha value is -6.94. The van der Waals surface area contributed by atoms with Crippen molar-refractivity contribution in [2.75, 3.05) is 0 Å². The van der Waals surface area contributed by atoms with E-state index in [0.717, 1.165) is 10.2 Å². The molecule has 12 rings (SSSR count). The monoisotopic (exact) mass is 830 g/mol. The van der Waals surface area contributed by atoms with Gasteiger partial charge in [0, 0.05) is 42.7 Å². The molecule has 0 fully saturated rings. The number of para-hydroxylation sites is 3. The first-order chi connectivity index (χ1) is 29.4. The summed E-state index contributed by atoms with van der Waals surface area (Å²) in [7, 11) is 0. The van der Waals surface area contributed by atoms with E-state index in [2.05, 4.69) is 239 Å². The highest BCUT2D eigenvalue weighted by molar-refractivity contribution is 9.10. The number of fused-ring (bicyclic) bond motifs is 9. The lowest BCUT2D eigenvalue weighted by Crippen LogP contribution is -2.14. The lowest BCUT2D eigenvalue weighted by molar-refractivity contribution is 0.660. The van der Waals surface area contributed by atoms with Gasteiger partial charge in [-0.25, -0.2) is 0 Å². The predicted octanol–water partition coefficient (Wildman–Crippen LogP) is 16.0. The van der Waals surface area contributed by atoms with Crippen molar-refractivity contribution in [1.82, 2.24) is 9.13 Å². The fourth-order valence-corrected chi connectivity index (χ4v) is 10.7. The topological polar surface area (TPSA) is 9.86 Å². The fraction of sp³-hybridized carbons (Fsp3) is 0.0526. The minimum absolute atomic E-state index is 0.0756. The van der Waals surface area contributed by atoms with Crippen molar-refractivity contribution in [3.8, 4) is 55.9 Å². The summed E-state index contributed by atoms with van der Waals surface area (Å²) < 4.78 is 5.95. The summed E-state index contributed by atoms with van der Waals surface area (Å²) in [6.45, 7) is 4.72. The molecule has 0 atom stereocenters. The van der Waals surface area contributed by atoms with Gasteiger partial charge in [0.1, 0.15) is 0 Å². The molecular weight excluding hydrogens is 793 g/mol. The molecule has 11 aromatic rings. The van der Waals surface area contributed by atoms with Gasteiger partial charge in [-0.15, -0.1) is 0 Å². The Morgan fingerprint density at radius 2 is 0.883 bits per heavy atom. The molecule has 0 amide bonds. The van der Waals surface area contributed by atoms with Crippen LogP contribution in [-0.4, -0.2) is 9.13 Å². The van der Waals surface area contributed by atoms with Crippen LogP contribution in [0.5, 0.6) is 0 Å². The molecule has 1 aliphatic rings. The zero-order valence-electron chi connectivity index (χ0n) is 33.3. The molecule has 0 saturated carbocycles. The summed E-state index contributed by atoms with van der Waals surface area (Å²) in [5.74, 6) is 0. The molecule has 284 valence electrons. The van der Waals surface area contributed by atoms with E-state index in [1.54, 1.807) is 0 Å². The van der Waals surface area contributed by atoms with E-state index < -0.39 is 0 Å². The third-order valence-corrected chi connectivity index (χ3v) is 13.7. The van der Waals surface area contributed by atoms with Gasteiger partial charge in [-0.2, -0.15) is 0 Å². The summed E-state index contributed by atoms with van der Waals surface area (Å²) in [6, 6.07) is 73.8. The van der Waals surface area contributed by atoms with Gasteiger partial charge in [0.15, 0.2) is 0 Å². The molecule has 0 N–H and O–H groups in total. The van der Waals surface area contributed by atoms with Crippen LogP contribution in [-0.2, 0) is 5.41 Å². The second kappa shape index (κ2) is 13.3. The van der Waals surface area contributed by atoms with Crippen molar-refractivity contribution in [3.63, 3.8) is 0 Å². The van der Waals surface area contributed by atoms with Crippen LogP contribution in [0.1, 0.15) is 25.0 Å². The molecule has 0 radical (unpaired) electrons. The van der Waals surface area contributed by atoms with Crippen LogP contribution in [0, 0.1) is 0 Å². The van der Waals surface area contributed by atoms with Crippen molar-refractivity contribution < 1.29 is 0 Å². The van der Waals surface area contributed by atoms with Crippen molar-refractivity contribution in [2.24, 2.45) is 0 Å². The summed E-state index contributed by atoms with van der Waals surface area (Å²) in [6.07, 6.45) is 0.